The molecule has 0 unspecified atom stereocenters. The third-order valence-corrected chi connectivity index (χ3v) is 2.64. The van der Waals surface area contributed by atoms with Crippen LogP contribution in [0.2, 0.25) is 0 Å². The number of ether oxygens (including phenoxy) is 2. The molecule has 1 amide bonds. The van der Waals surface area contributed by atoms with Gasteiger partial charge in [0.1, 0.15) is 11.5 Å². The predicted molar refractivity (Wildman–Crippen MR) is 72.8 cm³/mol. The maximum Gasteiger partial charge on any atom is 0.255 e. The average Bonchev–Trinajstić information content (AvgIpc) is 2.48. The van der Waals surface area contributed by atoms with E-state index < -0.39 is 0 Å². The molecule has 0 aliphatic heterocycles. The third kappa shape index (κ3) is 3.04. The van der Waals surface area contributed by atoms with Crippen molar-refractivity contribution < 1.29 is 14.3 Å². The van der Waals surface area contributed by atoms with Crippen molar-refractivity contribution in [3.8, 4) is 11.5 Å². The molecule has 2 rings (SSSR count). The van der Waals surface area contributed by atoms with E-state index in [1.807, 2.05) is 0 Å². The van der Waals surface area contributed by atoms with Gasteiger partial charge in [0, 0.05) is 5.56 Å². The summed E-state index contributed by atoms with van der Waals surface area (Å²) in [7, 11) is 3.14. The second-order valence-electron chi connectivity index (χ2n) is 3.81. The standard InChI is InChI=1S/C15H14NO3/c1-18-12-9-7-11(8-10-12)15(17)16-13-5-3-4-6-14(13)19-2/h4-10H,1-2H3,(H,16,17). The van der Waals surface area contributed by atoms with Crippen molar-refractivity contribution in [1.29, 1.82) is 0 Å². The van der Waals surface area contributed by atoms with Crippen molar-refractivity contribution in [2.45, 2.75) is 0 Å². The van der Waals surface area contributed by atoms with Crippen LogP contribution in [-0.4, -0.2) is 20.1 Å². The summed E-state index contributed by atoms with van der Waals surface area (Å²) in [6.45, 7) is 0. The van der Waals surface area contributed by atoms with Gasteiger partial charge in [-0.1, -0.05) is 6.07 Å². The molecule has 0 fully saturated rings. The highest BCUT2D eigenvalue weighted by atomic mass is 16.5. The van der Waals surface area contributed by atoms with Gasteiger partial charge in [0.25, 0.3) is 5.91 Å². The van der Waals surface area contributed by atoms with E-state index in [2.05, 4.69) is 11.4 Å². The van der Waals surface area contributed by atoms with Crippen LogP contribution in [0.5, 0.6) is 11.5 Å². The van der Waals surface area contributed by atoms with E-state index >= 15 is 0 Å². The maximum absolute atomic E-state index is 12.1. The quantitative estimate of drug-likeness (QED) is 0.915. The molecule has 2 aromatic carbocycles. The minimum absolute atomic E-state index is 0.208. The SMILES string of the molecule is COc1ccc(C(=O)Nc2c[c]ccc2OC)cc1. The zero-order valence-electron chi connectivity index (χ0n) is 10.8. The Kier molecular flexibility index (Phi) is 4.03. The Hall–Kier alpha value is -2.49. The Bertz CT molecular complexity index is 564. The third-order valence-electron chi connectivity index (χ3n) is 2.64. The molecule has 0 spiro atoms. The number of anilines is 1. The number of benzene rings is 2. The van der Waals surface area contributed by atoms with Gasteiger partial charge >= 0.3 is 0 Å². The van der Waals surface area contributed by atoms with Crippen LogP contribution in [0, 0.1) is 6.07 Å². The molecule has 4 nitrogen and oxygen atoms in total. The van der Waals surface area contributed by atoms with Gasteiger partial charge in [-0.05, 0) is 42.5 Å². The van der Waals surface area contributed by atoms with E-state index in [1.165, 1.54) is 0 Å². The van der Waals surface area contributed by atoms with E-state index in [4.69, 9.17) is 9.47 Å². The fourth-order valence-electron chi connectivity index (χ4n) is 1.63. The second kappa shape index (κ2) is 5.91. The first-order chi connectivity index (χ1) is 9.24. The number of hydrogen-bond acceptors (Lipinski definition) is 3. The summed E-state index contributed by atoms with van der Waals surface area (Å²) in [6, 6.07) is 14.9. The number of hydrogen-bond donors (Lipinski definition) is 1. The van der Waals surface area contributed by atoms with Crippen LogP contribution in [0.3, 0.4) is 0 Å². The molecule has 0 aromatic heterocycles. The van der Waals surface area contributed by atoms with Crippen molar-refractivity contribution >= 4 is 11.6 Å². The number of nitrogens with one attached hydrogen (secondary N) is 1. The minimum Gasteiger partial charge on any atom is -0.497 e. The van der Waals surface area contributed by atoms with Gasteiger partial charge in [0.15, 0.2) is 0 Å². The van der Waals surface area contributed by atoms with Gasteiger partial charge in [-0.15, -0.1) is 0 Å². The lowest BCUT2D eigenvalue weighted by Crippen LogP contribution is -2.12. The van der Waals surface area contributed by atoms with Gasteiger partial charge in [0.05, 0.1) is 19.9 Å². The summed E-state index contributed by atoms with van der Waals surface area (Å²) in [5.74, 6) is 1.10. The molecule has 1 radical (unpaired) electrons. The smallest absolute Gasteiger partial charge is 0.255 e. The van der Waals surface area contributed by atoms with E-state index in [1.54, 1.807) is 56.7 Å². The molecule has 19 heavy (non-hydrogen) atoms. The topological polar surface area (TPSA) is 47.6 Å². The molecule has 0 bridgehead atoms. The Balaban J connectivity index is 2.16. The van der Waals surface area contributed by atoms with Crippen molar-refractivity contribution in [1.82, 2.24) is 0 Å². The summed E-state index contributed by atoms with van der Waals surface area (Å²) in [4.78, 5) is 12.1. The highest BCUT2D eigenvalue weighted by molar-refractivity contribution is 6.05. The lowest BCUT2D eigenvalue weighted by molar-refractivity contribution is 0.102. The number of methoxy groups -OCH3 is 2. The molecular formula is C15H14NO3. The van der Waals surface area contributed by atoms with Crippen molar-refractivity contribution in [3.05, 3.63) is 54.1 Å². The largest absolute Gasteiger partial charge is 0.497 e. The molecule has 0 atom stereocenters. The molecular weight excluding hydrogens is 242 g/mol. The summed E-state index contributed by atoms with van der Waals surface area (Å²) in [5, 5.41) is 2.78. The summed E-state index contributed by atoms with van der Waals surface area (Å²) < 4.78 is 10.2. The van der Waals surface area contributed by atoms with E-state index in [0.717, 1.165) is 0 Å². The number of rotatable bonds is 4. The maximum atomic E-state index is 12.1. The lowest BCUT2D eigenvalue weighted by Gasteiger charge is -2.09. The van der Waals surface area contributed by atoms with Crippen molar-refractivity contribution in [3.63, 3.8) is 0 Å². The Morgan fingerprint density at radius 3 is 2.47 bits per heavy atom. The molecule has 2 aromatic rings. The predicted octanol–water partition coefficient (Wildman–Crippen LogP) is 2.76. The zero-order chi connectivity index (χ0) is 13.7. The number of carbonyl (C=O) groups excluding carboxylic acids is 1. The first-order valence-electron chi connectivity index (χ1n) is 5.74. The van der Waals surface area contributed by atoms with Crippen LogP contribution in [0.1, 0.15) is 10.4 Å². The molecule has 0 aliphatic carbocycles. The van der Waals surface area contributed by atoms with Crippen molar-refractivity contribution in [2.24, 2.45) is 0 Å². The first-order valence-corrected chi connectivity index (χ1v) is 5.74. The zero-order valence-corrected chi connectivity index (χ0v) is 10.8. The molecule has 0 aliphatic rings. The Morgan fingerprint density at radius 2 is 1.84 bits per heavy atom. The number of amides is 1. The van der Waals surface area contributed by atoms with Crippen LogP contribution < -0.4 is 14.8 Å². The highest BCUT2D eigenvalue weighted by Crippen LogP contribution is 2.23. The fraction of sp³-hybridized carbons (Fsp3) is 0.133. The first kappa shape index (κ1) is 13.0. The van der Waals surface area contributed by atoms with E-state index in [-0.39, 0.29) is 5.91 Å². The molecule has 97 valence electrons. The fourth-order valence-corrected chi connectivity index (χ4v) is 1.63. The lowest BCUT2D eigenvalue weighted by atomic mass is 10.2. The average molecular weight is 256 g/mol. The number of carbonyl (C=O) groups is 1. The van der Waals surface area contributed by atoms with Gasteiger partial charge < -0.3 is 14.8 Å². The minimum atomic E-state index is -0.208. The summed E-state index contributed by atoms with van der Waals surface area (Å²) in [6.07, 6.45) is 0. The monoisotopic (exact) mass is 256 g/mol. The van der Waals surface area contributed by atoms with Crippen LogP contribution >= 0.6 is 0 Å². The normalized spacial score (nSPS) is 9.79. The molecule has 0 heterocycles. The van der Waals surface area contributed by atoms with Gasteiger partial charge in [-0.25, -0.2) is 0 Å². The Labute approximate surface area is 112 Å². The highest BCUT2D eigenvalue weighted by Gasteiger charge is 2.09. The summed E-state index contributed by atoms with van der Waals surface area (Å²) >= 11 is 0. The van der Waals surface area contributed by atoms with Gasteiger partial charge in [-0.3, -0.25) is 4.79 Å². The molecule has 0 saturated heterocycles. The van der Waals surface area contributed by atoms with E-state index in [9.17, 15) is 4.79 Å². The molecule has 0 saturated carbocycles. The Morgan fingerprint density at radius 1 is 1.11 bits per heavy atom. The molecule has 1 N–H and O–H groups in total. The summed E-state index contributed by atoms with van der Waals surface area (Å²) in [5.41, 5.74) is 1.14. The van der Waals surface area contributed by atoms with Gasteiger partial charge in [0.2, 0.25) is 0 Å². The van der Waals surface area contributed by atoms with Crippen LogP contribution in [0.15, 0.2) is 42.5 Å². The van der Waals surface area contributed by atoms with Crippen LogP contribution in [-0.2, 0) is 0 Å². The van der Waals surface area contributed by atoms with E-state index in [0.29, 0.717) is 22.7 Å². The van der Waals surface area contributed by atoms with Gasteiger partial charge in [-0.2, -0.15) is 0 Å². The second-order valence-corrected chi connectivity index (χ2v) is 3.81. The molecule has 4 heteroatoms. The van der Waals surface area contributed by atoms with Crippen LogP contribution in [0.4, 0.5) is 5.69 Å². The van der Waals surface area contributed by atoms with Crippen LogP contribution in [0.25, 0.3) is 0 Å². The van der Waals surface area contributed by atoms with Crippen molar-refractivity contribution in [2.75, 3.05) is 19.5 Å².